The molecular weight excluding hydrogens is 358 g/mol. The van der Waals surface area contributed by atoms with Gasteiger partial charge in [0, 0.05) is 35.4 Å². The Morgan fingerprint density at radius 2 is 1.70 bits per heavy atom. The zero-order valence-electron chi connectivity index (χ0n) is 15.6. The smallest absolute Gasteiger partial charge is 0.278 e. The van der Waals surface area contributed by atoms with Crippen molar-refractivity contribution in [2.45, 2.75) is 32.7 Å². The van der Waals surface area contributed by atoms with E-state index < -0.39 is 0 Å². The van der Waals surface area contributed by atoms with Crippen molar-refractivity contribution >= 4 is 40.1 Å². The fraction of sp³-hybridized carbons (Fsp3) is 0.333. The molecule has 4 rings (SSSR count). The number of hydrogen-bond acceptors (Lipinski definition) is 5. The maximum Gasteiger partial charge on any atom is 0.278 e. The second kappa shape index (κ2) is 7.19. The molecule has 140 valence electrons. The first kappa shape index (κ1) is 17.8. The Labute approximate surface area is 163 Å². The third-order valence-corrected chi connectivity index (χ3v) is 5.89. The van der Waals surface area contributed by atoms with E-state index in [1.165, 1.54) is 34.8 Å². The van der Waals surface area contributed by atoms with Gasteiger partial charge < -0.3 is 10.2 Å². The first-order valence-corrected chi connectivity index (χ1v) is 10.2. The van der Waals surface area contributed by atoms with Gasteiger partial charge in [-0.25, -0.2) is 0 Å². The molecule has 0 unspecified atom stereocenters. The van der Waals surface area contributed by atoms with Gasteiger partial charge in [-0.3, -0.25) is 14.5 Å². The minimum Gasteiger partial charge on any atom is -0.372 e. The highest BCUT2D eigenvalue weighted by atomic mass is 32.1. The molecule has 0 bridgehead atoms. The Morgan fingerprint density at radius 3 is 2.30 bits per heavy atom. The van der Waals surface area contributed by atoms with E-state index in [9.17, 15) is 9.59 Å². The Morgan fingerprint density at radius 1 is 1.00 bits per heavy atom. The van der Waals surface area contributed by atoms with Crippen LogP contribution in [0.3, 0.4) is 0 Å². The number of nitrogens with one attached hydrogen (secondary N) is 1. The van der Waals surface area contributed by atoms with Crippen molar-refractivity contribution in [3.63, 3.8) is 0 Å². The number of thiophene rings is 1. The second-order valence-electron chi connectivity index (χ2n) is 7.17. The molecule has 1 aromatic heterocycles. The van der Waals surface area contributed by atoms with Crippen LogP contribution in [0, 0.1) is 0 Å². The third-order valence-electron chi connectivity index (χ3n) is 5.01. The summed E-state index contributed by atoms with van der Waals surface area (Å²) >= 11 is 1.47. The monoisotopic (exact) mass is 381 g/mol. The quantitative estimate of drug-likeness (QED) is 0.797. The van der Waals surface area contributed by atoms with Gasteiger partial charge in [0.1, 0.15) is 5.70 Å². The number of nitrogens with zero attached hydrogens (tertiary/aromatic N) is 2. The van der Waals surface area contributed by atoms with Crippen LogP contribution in [0.15, 0.2) is 47.5 Å². The topological polar surface area (TPSA) is 52.7 Å². The van der Waals surface area contributed by atoms with E-state index in [1.807, 2.05) is 43.5 Å². The van der Waals surface area contributed by atoms with Gasteiger partial charge in [-0.15, -0.1) is 11.3 Å². The number of anilines is 2. The molecule has 0 spiro atoms. The van der Waals surface area contributed by atoms with Gasteiger partial charge in [0.25, 0.3) is 11.8 Å². The fourth-order valence-corrected chi connectivity index (χ4v) is 4.42. The molecule has 27 heavy (non-hydrogen) atoms. The van der Waals surface area contributed by atoms with Gasteiger partial charge in [-0.2, -0.15) is 0 Å². The van der Waals surface area contributed by atoms with Crippen molar-refractivity contribution in [1.82, 2.24) is 4.90 Å². The van der Waals surface area contributed by atoms with Crippen LogP contribution >= 0.6 is 11.3 Å². The van der Waals surface area contributed by atoms with Gasteiger partial charge in [0.2, 0.25) is 0 Å². The van der Waals surface area contributed by atoms with E-state index in [-0.39, 0.29) is 17.9 Å². The fourth-order valence-electron chi connectivity index (χ4n) is 3.66. The second-order valence-corrected chi connectivity index (χ2v) is 8.12. The van der Waals surface area contributed by atoms with E-state index in [2.05, 4.69) is 22.3 Å². The summed E-state index contributed by atoms with van der Waals surface area (Å²) < 4.78 is 0. The van der Waals surface area contributed by atoms with Gasteiger partial charge in [0.15, 0.2) is 0 Å². The predicted octanol–water partition coefficient (Wildman–Crippen LogP) is 3.95. The molecule has 2 aliphatic heterocycles. The van der Waals surface area contributed by atoms with E-state index in [1.54, 1.807) is 0 Å². The number of amides is 2. The van der Waals surface area contributed by atoms with Crippen molar-refractivity contribution in [3.8, 4) is 0 Å². The van der Waals surface area contributed by atoms with Gasteiger partial charge >= 0.3 is 0 Å². The average molecular weight is 382 g/mol. The molecular formula is C21H23N3O2S. The van der Waals surface area contributed by atoms with Crippen LogP contribution in [0.25, 0.3) is 5.57 Å². The lowest BCUT2D eigenvalue weighted by molar-refractivity contribution is -0.138. The van der Waals surface area contributed by atoms with Crippen LogP contribution in [-0.4, -0.2) is 35.8 Å². The molecule has 2 aliphatic rings. The van der Waals surface area contributed by atoms with Gasteiger partial charge in [0.05, 0.1) is 5.57 Å². The van der Waals surface area contributed by atoms with Crippen LogP contribution < -0.4 is 10.2 Å². The summed E-state index contributed by atoms with van der Waals surface area (Å²) in [5.41, 5.74) is 2.84. The summed E-state index contributed by atoms with van der Waals surface area (Å²) in [6.45, 7) is 5.90. The summed E-state index contributed by atoms with van der Waals surface area (Å²) in [6.07, 6.45) is 2.47. The third kappa shape index (κ3) is 3.25. The molecule has 2 amide bonds. The number of carbonyl (C=O) groups excluding carboxylic acids is 2. The molecule has 0 aliphatic carbocycles. The van der Waals surface area contributed by atoms with Crippen molar-refractivity contribution in [3.05, 3.63) is 52.4 Å². The highest BCUT2D eigenvalue weighted by Gasteiger charge is 2.40. The number of rotatable bonds is 5. The van der Waals surface area contributed by atoms with E-state index in [0.29, 0.717) is 11.3 Å². The summed E-state index contributed by atoms with van der Waals surface area (Å²) in [5, 5.41) is 5.14. The lowest BCUT2D eigenvalue weighted by Gasteiger charge is -2.19. The molecule has 3 heterocycles. The number of carbonyl (C=O) groups is 2. The zero-order chi connectivity index (χ0) is 19.0. The molecule has 0 atom stereocenters. The molecule has 0 saturated carbocycles. The number of benzene rings is 1. The minimum atomic E-state index is -0.262. The van der Waals surface area contributed by atoms with E-state index in [0.717, 1.165) is 23.7 Å². The molecule has 5 nitrogen and oxygen atoms in total. The first-order valence-electron chi connectivity index (χ1n) is 9.34. The highest BCUT2D eigenvalue weighted by molar-refractivity contribution is 7.11. The SMILES string of the molecule is CC(C)N1C(=O)C(Nc2ccc(N3CCCC3)cc2)=C(c2cccs2)C1=O. The normalized spacial score (nSPS) is 17.6. The van der Waals surface area contributed by atoms with Gasteiger partial charge in [-0.05, 0) is 62.4 Å². The van der Waals surface area contributed by atoms with Crippen LogP contribution in [-0.2, 0) is 9.59 Å². The average Bonchev–Trinajstić information content (AvgIpc) is 3.38. The lowest BCUT2D eigenvalue weighted by atomic mass is 10.1. The van der Waals surface area contributed by atoms with Crippen molar-refractivity contribution in [2.24, 2.45) is 0 Å². The van der Waals surface area contributed by atoms with Crippen molar-refractivity contribution < 1.29 is 9.59 Å². The molecule has 1 fully saturated rings. The lowest BCUT2D eigenvalue weighted by Crippen LogP contribution is -2.38. The summed E-state index contributed by atoms with van der Waals surface area (Å²) in [7, 11) is 0. The van der Waals surface area contributed by atoms with Crippen LogP contribution in [0.4, 0.5) is 11.4 Å². The summed E-state index contributed by atoms with van der Waals surface area (Å²) in [4.78, 5) is 30.3. The Bertz CT molecular complexity index is 879. The molecule has 1 N–H and O–H groups in total. The first-order chi connectivity index (χ1) is 13.1. The largest absolute Gasteiger partial charge is 0.372 e. The Kier molecular flexibility index (Phi) is 4.74. The maximum atomic E-state index is 12.9. The highest BCUT2D eigenvalue weighted by Crippen LogP contribution is 2.34. The summed E-state index contributed by atoms with van der Waals surface area (Å²) in [6, 6.07) is 11.7. The van der Waals surface area contributed by atoms with Crippen LogP contribution in [0.2, 0.25) is 0 Å². The molecule has 1 saturated heterocycles. The number of hydrogen-bond donors (Lipinski definition) is 1. The molecule has 6 heteroatoms. The van der Waals surface area contributed by atoms with E-state index in [4.69, 9.17) is 0 Å². The number of imide groups is 1. The van der Waals surface area contributed by atoms with Crippen LogP contribution in [0.5, 0.6) is 0 Å². The molecule has 0 radical (unpaired) electrons. The zero-order valence-corrected chi connectivity index (χ0v) is 16.4. The van der Waals surface area contributed by atoms with Crippen molar-refractivity contribution in [1.29, 1.82) is 0 Å². The summed E-state index contributed by atoms with van der Waals surface area (Å²) in [5.74, 6) is -0.490. The molecule has 2 aromatic rings. The standard InChI is InChI=1S/C21H23N3O2S/c1-14(2)24-20(25)18(17-6-5-13-27-17)19(21(24)26)22-15-7-9-16(10-8-15)23-11-3-4-12-23/h5-10,13-14,22H,3-4,11-12H2,1-2H3. The predicted molar refractivity (Wildman–Crippen MR) is 110 cm³/mol. The molecule has 1 aromatic carbocycles. The Hall–Kier alpha value is -2.60. The van der Waals surface area contributed by atoms with Crippen molar-refractivity contribution in [2.75, 3.05) is 23.3 Å². The maximum absolute atomic E-state index is 12.9. The minimum absolute atomic E-state index is 0.184. The van der Waals surface area contributed by atoms with Crippen LogP contribution in [0.1, 0.15) is 31.6 Å². The van der Waals surface area contributed by atoms with Gasteiger partial charge in [-0.1, -0.05) is 6.07 Å². The Balaban J connectivity index is 1.65. The van der Waals surface area contributed by atoms with E-state index >= 15 is 0 Å².